The molecule has 2 aromatic rings. The molecule has 0 spiro atoms. The van der Waals surface area contributed by atoms with Crippen LogP contribution in [-0.4, -0.2) is 37.5 Å². The molecule has 6 heteroatoms. The Labute approximate surface area is 151 Å². The third-order valence-electron chi connectivity index (χ3n) is 4.46. The first-order chi connectivity index (χ1) is 12.6. The van der Waals surface area contributed by atoms with Crippen molar-refractivity contribution >= 4 is 23.5 Å². The van der Waals surface area contributed by atoms with Crippen LogP contribution in [-0.2, 0) is 20.7 Å². The van der Waals surface area contributed by atoms with Crippen LogP contribution < -0.4 is 10.2 Å². The molecule has 134 valence electrons. The predicted octanol–water partition coefficient (Wildman–Crippen LogP) is 0.911. The second-order valence-electron chi connectivity index (χ2n) is 6.18. The highest BCUT2D eigenvalue weighted by Gasteiger charge is 2.42. The van der Waals surface area contributed by atoms with Crippen LogP contribution in [0, 0.1) is 0 Å². The standard InChI is InChI=1S/C20H20N2O4/c1-26-20(25)15-7-9-16(10-8-15)22-18(23)13-17(19(22)24)21-12-11-14-5-3-2-4-6-14/h2-10,17,21H,11-13H2,1H3/p+1/t17-/m1/s1. The number of nitrogens with zero attached hydrogens (tertiary/aromatic N) is 1. The Hall–Kier alpha value is -2.99. The van der Waals surface area contributed by atoms with E-state index >= 15 is 0 Å². The number of hydrogen-bond donors (Lipinski definition) is 1. The van der Waals surface area contributed by atoms with E-state index in [2.05, 4.69) is 4.74 Å². The summed E-state index contributed by atoms with van der Waals surface area (Å²) in [5.74, 6) is -0.890. The van der Waals surface area contributed by atoms with Gasteiger partial charge in [0.25, 0.3) is 5.91 Å². The Bertz CT molecular complexity index is 802. The van der Waals surface area contributed by atoms with E-state index in [4.69, 9.17) is 0 Å². The first-order valence-corrected chi connectivity index (χ1v) is 8.52. The molecule has 0 radical (unpaired) electrons. The van der Waals surface area contributed by atoms with Crippen molar-refractivity contribution in [2.75, 3.05) is 18.6 Å². The zero-order chi connectivity index (χ0) is 18.5. The van der Waals surface area contributed by atoms with Gasteiger partial charge >= 0.3 is 5.97 Å². The van der Waals surface area contributed by atoms with Crippen LogP contribution >= 0.6 is 0 Å². The second kappa shape index (κ2) is 7.93. The summed E-state index contributed by atoms with van der Waals surface area (Å²) in [6.07, 6.45) is 1.03. The lowest BCUT2D eigenvalue weighted by molar-refractivity contribution is -0.674. The third kappa shape index (κ3) is 3.81. The van der Waals surface area contributed by atoms with E-state index in [-0.39, 0.29) is 18.2 Å². The Morgan fingerprint density at radius 2 is 1.81 bits per heavy atom. The molecule has 26 heavy (non-hydrogen) atoms. The maximum Gasteiger partial charge on any atom is 0.337 e. The van der Waals surface area contributed by atoms with Crippen LogP contribution in [0.3, 0.4) is 0 Å². The van der Waals surface area contributed by atoms with Gasteiger partial charge in [0, 0.05) is 6.42 Å². The zero-order valence-corrected chi connectivity index (χ0v) is 14.6. The molecule has 1 saturated heterocycles. The Kier molecular flexibility index (Phi) is 5.43. The number of esters is 1. The second-order valence-corrected chi connectivity index (χ2v) is 6.18. The number of carbonyl (C=O) groups excluding carboxylic acids is 3. The van der Waals surface area contributed by atoms with Crippen molar-refractivity contribution in [1.29, 1.82) is 0 Å². The minimum absolute atomic E-state index is 0.187. The summed E-state index contributed by atoms with van der Waals surface area (Å²) in [5, 5.41) is 1.93. The molecular weight excluding hydrogens is 332 g/mol. The number of ether oxygens (including phenoxy) is 1. The summed E-state index contributed by atoms with van der Waals surface area (Å²) < 4.78 is 4.65. The number of quaternary nitrogens is 1. The molecule has 0 aromatic heterocycles. The Morgan fingerprint density at radius 3 is 2.46 bits per heavy atom. The van der Waals surface area contributed by atoms with Gasteiger partial charge in [-0.3, -0.25) is 9.59 Å². The summed E-state index contributed by atoms with van der Waals surface area (Å²) in [6.45, 7) is 0.739. The normalized spacial score (nSPS) is 16.8. The fourth-order valence-corrected chi connectivity index (χ4v) is 3.07. The van der Waals surface area contributed by atoms with Gasteiger partial charge in [-0.25, -0.2) is 9.69 Å². The average molecular weight is 353 g/mol. The van der Waals surface area contributed by atoms with Gasteiger partial charge in [0.05, 0.1) is 31.3 Å². The van der Waals surface area contributed by atoms with Gasteiger partial charge in [0.1, 0.15) is 0 Å². The largest absolute Gasteiger partial charge is 0.465 e. The molecule has 2 amide bonds. The van der Waals surface area contributed by atoms with Gasteiger partial charge in [-0.1, -0.05) is 30.3 Å². The molecular formula is C20H21N2O4+. The molecule has 1 aliphatic heterocycles. The summed E-state index contributed by atoms with van der Waals surface area (Å²) in [4.78, 5) is 37.6. The molecule has 1 heterocycles. The zero-order valence-electron chi connectivity index (χ0n) is 14.6. The maximum atomic E-state index is 12.6. The van der Waals surface area contributed by atoms with Crippen LogP contribution in [0.2, 0.25) is 0 Å². The summed E-state index contributed by atoms with van der Waals surface area (Å²) in [5.41, 5.74) is 2.06. The topological polar surface area (TPSA) is 80.3 Å². The van der Waals surface area contributed by atoms with Crippen molar-refractivity contribution in [3.8, 4) is 0 Å². The highest BCUT2D eigenvalue weighted by Crippen LogP contribution is 2.22. The average Bonchev–Trinajstić information content (AvgIpc) is 2.95. The smallest absolute Gasteiger partial charge is 0.337 e. The molecule has 1 fully saturated rings. The molecule has 0 bridgehead atoms. The molecule has 2 N–H and O–H groups in total. The van der Waals surface area contributed by atoms with Crippen molar-refractivity contribution in [1.82, 2.24) is 0 Å². The number of methoxy groups -OCH3 is 1. The van der Waals surface area contributed by atoms with Gasteiger partial charge in [0.2, 0.25) is 5.91 Å². The molecule has 2 aromatic carbocycles. The number of rotatable bonds is 6. The van der Waals surface area contributed by atoms with Crippen LogP contribution in [0.15, 0.2) is 54.6 Å². The Morgan fingerprint density at radius 1 is 1.12 bits per heavy atom. The summed E-state index contributed by atoms with van der Waals surface area (Å²) >= 11 is 0. The van der Waals surface area contributed by atoms with E-state index in [1.165, 1.54) is 17.6 Å². The van der Waals surface area contributed by atoms with Crippen LogP contribution in [0.1, 0.15) is 22.3 Å². The Balaban J connectivity index is 1.62. The van der Waals surface area contributed by atoms with Crippen molar-refractivity contribution in [2.45, 2.75) is 18.9 Å². The van der Waals surface area contributed by atoms with E-state index in [9.17, 15) is 14.4 Å². The van der Waals surface area contributed by atoms with Crippen LogP contribution in [0.4, 0.5) is 5.69 Å². The van der Waals surface area contributed by atoms with E-state index < -0.39 is 12.0 Å². The fraction of sp³-hybridized carbons (Fsp3) is 0.250. The van der Waals surface area contributed by atoms with Crippen molar-refractivity contribution in [3.63, 3.8) is 0 Å². The number of benzene rings is 2. The first kappa shape index (κ1) is 17.8. The first-order valence-electron chi connectivity index (χ1n) is 8.52. The molecule has 0 unspecified atom stereocenters. The number of hydrogen-bond acceptors (Lipinski definition) is 4. The lowest BCUT2D eigenvalue weighted by Gasteiger charge is -2.14. The molecule has 3 rings (SSSR count). The van der Waals surface area contributed by atoms with Crippen LogP contribution in [0.5, 0.6) is 0 Å². The van der Waals surface area contributed by atoms with Crippen LogP contribution in [0.25, 0.3) is 0 Å². The van der Waals surface area contributed by atoms with Gasteiger partial charge in [-0.2, -0.15) is 0 Å². The van der Waals surface area contributed by atoms with Crippen molar-refractivity contribution in [2.24, 2.45) is 0 Å². The predicted molar refractivity (Wildman–Crippen MR) is 95.6 cm³/mol. The lowest BCUT2D eigenvalue weighted by Crippen LogP contribution is -2.92. The van der Waals surface area contributed by atoms with Crippen molar-refractivity contribution in [3.05, 3.63) is 65.7 Å². The number of imide groups is 1. The quantitative estimate of drug-likeness (QED) is 0.618. The number of anilines is 1. The van der Waals surface area contributed by atoms with E-state index in [1.54, 1.807) is 24.3 Å². The minimum Gasteiger partial charge on any atom is -0.465 e. The van der Waals surface area contributed by atoms with Gasteiger partial charge in [0.15, 0.2) is 6.04 Å². The highest BCUT2D eigenvalue weighted by molar-refractivity contribution is 6.21. The number of carbonyl (C=O) groups is 3. The van der Waals surface area contributed by atoms with Gasteiger partial charge < -0.3 is 10.1 Å². The third-order valence-corrected chi connectivity index (χ3v) is 4.46. The lowest BCUT2D eigenvalue weighted by atomic mass is 10.1. The molecule has 1 atom stereocenters. The molecule has 0 saturated carbocycles. The maximum absolute atomic E-state index is 12.6. The van der Waals surface area contributed by atoms with E-state index in [1.807, 2.05) is 35.6 Å². The summed E-state index contributed by atoms with van der Waals surface area (Å²) in [7, 11) is 1.31. The number of amides is 2. The summed E-state index contributed by atoms with van der Waals surface area (Å²) in [6, 6.07) is 15.9. The fourth-order valence-electron chi connectivity index (χ4n) is 3.07. The minimum atomic E-state index is -0.456. The van der Waals surface area contributed by atoms with Gasteiger partial charge in [-0.15, -0.1) is 0 Å². The van der Waals surface area contributed by atoms with E-state index in [0.717, 1.165) is 13.0 Å². The molecule has 1 aliphatic rings. The SMILES string of the molecule is COC(=O)c1ccc(N2C(=O)C[C@@H]([NH2+]CCc3ccccc3)C2=O)cc1. The molecule has 0 aliphatic carbocycles. The van der Waals surface area contributed by atoms with Gasteiger partial charge in [-0.05, 0) is 29.8 Å². The number of nitrogens with two attached hydrogens (primary N) is 1. The molecule has 6 nitrogen and oxygen atoms in total. The highest BCUT2D eigenvalue weighted by atomic mass is 16.5. The monoisotopic (exact) mass is 353 g/mol. The van der Waals surface area contributed by atoms with E-state index in [0.29, 0.717) is 11.3 Å². The van der Waals surface area contributed by atoms with Crippen molar-refractivity contribution < 1.29 is 24.4 Å².